The number of rotatable bonds is 7. The predicted molar refractivity (Wildman–Crippen MR) is 67.1 cm³/mol. The molecule has 0 saturated heterocycles. The van der Waals surface area contributed by atoms with Crippen LogP contribution in [0.5, 0.6) is 0 Å². The number of unbranched alkanes of at least 4 members (excludes halogenated alkanes) is 2. The van der Waals surface area contributed by atoms with E-state index in [0.29, 0.717) is 0 Å². The molecule has 14 heavy (non-hydrogen) atoms. The van der Waals surface area contributed by atoms with Crippen molar-refractivity contribution in [3.8, 4) is 0 Å². The summed E-state index contributed by atoms with van der Waals surface area (Å²) in [4.78, 5) is 2.70. The zero-order valence-corrected chi connectivity index (χ0v) is 11.1. The molecule has 0 aromatic rings. The summed E-state index contributed by atoms with van der Waals surface area (Å²) in [6.07, 6.45) is 9.93. The fourth-order valence-electron chi connectivity index (χ4n) is 2.45. The second kappa shape index (κ2) is 7.70. The SMILES string of the molecule is CCN(CCCCCBr)C1CCCC1. The Balaban J connectivity index is 2.11. The van der Waals surface area contributed by atoms with Gasteiger partial charge in [0.05, 0.1) is 0 Å². The molecule has 84 valence electrons. The van der Waals surface area contributed by atoms with Crippen LogP contribution in [-0.4, -0.2) is 29.4 Å². The van der Waals surface area contributed by atoms with E-state index in [1.54, 1.807) is 0 Å². The molecule has 0 atom stereocenters. The summed E-state index contributed by atoms with van der Waals surface area (Å²) >= 11 is 3.49. The molecule has 0 N–H and O–H groups in total. The van der Waals surface area contributed by atoms with Gasteiger partial charge in [-0.15, -0.1) is 0 Å². The molecule has 0 aromatic heterocycles. The Kier molecular flexibility index (Phi) is 6.88. The quantitative estimate of drug-likeness (QED) is 0.498. The summed E-state index contributed by atoms with van der Waals surface area (Å²) in [6, 6.07) is 0.920. The largest absolute Gasteiger partial charge is 0.301 e. The zero-order chi connectivity index (χ0) is 10.2. The first-order valence-electron chi connectivity index (χ1n) is 6.18. The van der Waals surface area contributed by atoms with E-state index in [1.165, 1.54) is 63.4 Å². The molecule has 0 bridgehead atoms. The van der Waals surface area contributed by atoms with Crippen LogP contribution in [0.3, 0.4) is 0 Å². The fraction of sp³-hybridized carbons (Fsp3) is 1.00. The summed E-state index contributed by atoms with van der Waals surface area (Å²) < 4.78 is 0. The van der Waals surface area contributed by atoms with E-state index in [9.17, 15) is 0 Å². The summed E-state index contributed by atoms with van der Waals surface area (Å²) in [7, 11) is 0. The number of halogens is 1. The number of hydrogen-bond acceptors (Lipinski definition) is 1. The van der Waals surface area contributed by atoms with Gasteiger partial charge in [0.15, 0.2) is 0 Å². The Hall–Kier alpha value is 0.440. The van der Waals surface area contributed by atoms with E-state index in [-0.39, 0.29) is 0 Å². The second-order valence-corrected chi connectivity index (χ2v) is 5.11. The molecule has 0 aromatic carbocycles. The molecule has 0 amide bonds. The van der Waals surface area contributed by atoms with Crippen molar-refractivity contribution in [1.29, 1.82) is 0 Å². The van der Waals surface area contributed by atoms with Crippen LogP contribution < -0.4 is 0 Å². The summed E-state index contributed by atoms with van der Waals surface area (Å²) in [5, 5.41) is 1.17. The molecule has 2 heteroatoms. The third kappa shape index (κ3) is 4.31. The van der Waals surface area contributed by atoms with Crippen LogP contribution in [-0.2, 0) is 0 Å². The topological polar surface area (TPSA) is 3.24 Å². The van der Waals surface area contributed by atoms with E-state index < -0.39 is 0 Å². The van der Waals surface area contributed by atoms with Gasteiger partial charge in [-0.1, -0.05) is 42.1 Å². The molecule has 1 nitrogen and oxygen atoms in total. The van der Waals surface area contributed by atoms with Gasteiger partial charge in [0.2, 0.25) is 0 Å². The van der Waals surface area contributed by atoms with Gasteiger partial charge >= 0.3 is 0 Å². The van der Waals surface area contributed by atoms with Crippen LogP contribution in [0.15, 0.2) is 0 Å². The van der Waals surface area contributed by atoms with Crippen LogP contribution in [0.4, 0.5) is 0 Å². The van der Waals surface area contributed by atoms with Crippen LogP contribution in [0, 0.1) is 0 Å². The van der Waals surface area contributed by atoms with E-state index in [0.717, 1.165) is 6.04 Å². The van der Waals surface area contributed by atoms with E-state index in [1.807, 2.05) is 0 Å². The molecule has 0 heterocycles. The Bertz CT molecular complexity index is 132. The van der Waals surface area contributed by atoms with Gasteiger partial charge in [-0.3, -0.25) is 0 Å². The molecule has 1 aliphatic carbocycles. The number of nitrogens with zero attached hydrogens (tertiary/aromatic N) is 1. The first kappa shape index (κ1) is 12.5. The minimum Gasteiger partial charge on any atom is -0.301 e. The molecule has 1 rings (SSSR count). The molecule has 1 aliphatic rings. The van der Waals surface area contributed by atoms with Gasteiger partial charge in [-0.2, -0.15) is 0 Å². The van der Waals surface area contributed by atoms with Gasteiger partial charge in [-0.25, -0.2) is 0 Å². The molecule has 1 saturated carbocycles. The van der Waals surface area contributed by atoms with Crippen LogP contribution in [0.1, 0.15) is 51.9 Å². The average Bonchev–Trinajstić information content (AvgIpc) is 2.71. The monoisotopic (exact) mass is 261 g/mol. The minimum absolute atomic E-state index is 0.920. The molecule has 0 unspecified atom stereocenters. The lowest BCUT2D eigenvalue weighted by Crippen LogP contribution is -2.33. The van der Waals surface area contributed by atoms with E-state index in [4.69, 9.17) is 0 Å². The summed E-state index contributed by atoms with van der Waals surface area (Å²) in [5.74, 6) is 0. The normalized spacial score (nSPS) is 18.2. The standard InChI is InChI=1S/C12H24BrN/c1-2-14(11-7-3-6-10-13)12-8-4-5-9-12/h12H,2-11H2,1H3. The molecular weight excluding hydrogens is 238 g/mol. The van der Waals surface area contributed by atoms with Crippen molar-refractivity contribution in [2.45, 2.75) is 57.9 Å². The Morgan fingerprint density at radius 1 is 1.14 bits per heavy atom. The predicted octanol–water partition coefficient (Wildman–Crippen LogP) is 3.82. The third-order valence-corrected chi connectivity index (χ3v) is 3.89. The molecule has 1 fully saturated rings. The van der Waals surface area contributed by atoms with Crippen molar-refractivity contribution in [2.75, 3.05) is 18.4 Å². The zero-order valence-electron chi connectivity index (χ0n) is 9.47. The first-order valence-corrected chi connectivity index (χ1v) is 7.30. The van der Waals surface area contributed by atoms with Crippen LogP contribution >= 0.6 is 15.9 Å². The van der Waals surface area contributed by atoms with Gasteiger partial charge in [0, 0.05) is 11.4 Å². The summed E-state index contributed by atoms with van der Waals surface area (Å²) in [5.41, 5.74) is 0. The molecule has 0 radical (unpaired) electrons. The van der Waals surface area contributed by atoms with Crippen molar-refractivity contribution in [2.24, 2.45) is 0 Å². The Morgan fingerprint density at radius 2 is 1.86 bits per heavy atom. The lowest BCUT2D eigenvalue weighted by Gasteiger charge is -2.27. The first-order chi connectivity index (χ1) is 6.88. The average molecular weight is 262 g/mol. The molecule has 0 aliphatic heterocycles. The fourth-order valence-corrected chi connectivity index (χ4v) is 2.85. The van der Waals surface area contributed by atoms with E-state index >= 15 is 0 Å². The molecule has 0 spiro atoms. The van der Waals surface area contributed by atoms with Gasteiger partial charge in [0.1, 0.15) is 0 Å². The maximum absolute atomic E-state index is 3.49. The van der Waals surface area contributed by atoms with Crippen LogP contribution in [0.25, 0.3) is 0 Å². The number of alkyl halides is 1. The highest BCUT2D eigenvalue weighted by Crippen LogP contribution is 2.23. The van der Waals surface area contributed by atoms with Gasteiger partial charge < -0.3 is 4.90 Å². The van der Waals surface area contributed by atoms with Crippen molar-refractivity contribution in [1.82, 2.24) is 4.90 Å². The lowest BCUT2D eigenvalue weighted by atomic mass is 10.2. The van der Waals surface area contributed by atoms with Gasteiger partial charge in [0.25, 0.3) is 0 Å². The maximum Gasteiger partial charge on any atom is 0.00951 e. The highest BCUT2D eigenvalue weighted by molar-refractivity contribution is 9.09. The van der Waals surface area contributed by atoms with Crippen molar-refractivity contribution in [3.63, 3.8) is 0 Å². The maximum atomic E-state index is 3.49. The van der Waals surface area contributed by atoms with E-state index in [2.05, 4.69) is 27.8 Å². The van der Waals surface area contributed by atoms with Crippen molar-refractivity contribution in [3.05, 3.63) is 0 Å². The Labute approximate surface area is 97.4 Å². The lowest BCUT2D eigenvalue weighted by molar-refractivity contribution is 0.205. The minimum atomic E-state index is 0.920. The third-order valence-electron chi connectivity index (χ3n) is 3.33. The van der Waals surface area contributed by atoms with Gasteiger partial charge in [-0.05, 0) is 38.8 Å². The smallest absolute Gasteiger partial charge is 0.00951 e. The van der Waals surface area contributed by atoms with Crippen molar-refractivity contribution >= 4 is 15.9 Å². The van der Waals surface area contributed by atoms with Crippen molar-refractivity contribution < 1.29 is 0 Å². The second-order valence-electron chi connectivity index (χ2n) is 4.32. The highest BCUT2D eigenvalue weighted by Gasteiger charge is 2.20. The summed E-state index contributed by atoms with van der Waals surface area (Å²) in [6.45, 7) is 4.88. The highest BCUT2D eigenvalue weighted by atomic mass is 79.9. The Morgan fingerprint density at radius 3 is 2.43 bits per heavy atom. The van der Waals surface area contributed by atoms with Crippen LogP contribution in [0.2, 0.25) is 0 Å². The molecular formula is C12H24BrN. The number of hydrogen-bond donors (Lipinski definition) is 0.